The van der Waals surface area contributed by atoms with E-state index in [4.69, 9.17) is 0 Å². The maximum absolute atomic E-state index is 3.20. The highest BCUT2D eigenvalue weighted by atomic mass is 127. The van der Waals surface area contributed by atoms with E-state index in [0.717, 1.165) is 0 Å². The molecule has 5 heteroatoms. The van der Waals surface area contributed by atoms with Crippen molar-refractivity contribution >= 4 is 57.4 Å². The Morgan fingerprint density at radius 3 is 2.70 bits per heavy atom. The van der Waals surface area contributed by atoms with Gasteiger partial charge in [-0.15, -0.1) is 11.3 Å². The minimum absolute atomic E-state index is 1.26. The Kier molecular flexibility index (Phi) is 1.73. The first-order valence-corrected chi connectivity index (χ1v) is 5.47. The SMILES string of the molecule is Cc1sc(I)c2c1NSN2. The number of anilines is 2. The molecule has 1 aliphatic rings. The van der Waals surface area contributed by atoms with Gasteiger partial charge in [0.15, 0.2) is 0 Å². The Morgan fingerprint density at radius 1 is 1.30 bits per heavy atom. The topological polar surface area (TPSA) is 24.1 Å². The van der Waals surface area contributed by atoms with Crippen LogP contribution in [0.2, 0.25) is 0 Å². The second kappa shape index (κ2) is 2.46. The Balaban J connectivity index is 2.61. The summed E-state index contributed by atoms with van der Waals surface area (Å²) in [5.74, 6) is 0. The predicted molar refractivity (Wildman–Crippen MR) is 56.6 cm³/mol. The van der Waals surface area contributed by atoms with E-state index in [2.05, 4.69) is 39.0 Å². The monoisotopic (exact) mass is 284 g/mol. The zero-order valence-corrected chi connectivity index (χ0v) is 8.98. The van der Waals surface area contributed by atoms with Crippen LogP contribution in [-0.2, 0) is 0 Å². The van der Waals surface area contributed by atoms with Crippen molar-refractivity contribution in [2.75, 3.05) is 9.44 Å². The molecule has 0 unspecified atom stereocenters. The van der Waals surface area contributed by atoms with Crippen molar-refractivity contribution in [3.05, 3.63) is 7.76 Å². The number of nitrogens with one attached hydrogen (secondary N) is 2. The number of aryl methyl sites for hydroxylation is 1. The van der Waals surface area contributed by atoms with E-state index in [0.29, 0.717) is 0 Å². The van der Waals surface area contributed by atoms with Crippen LogP contribution in [0.5, 0.6) is 0 Å². The second-order valence-electron chi connectivity index (χ2n) is 1.99. The molecule has 0 aromatic carbocycles. The van der Waals surface area contributed by atoms with Gasteiger partial charge in [-0.3, -0.25) is 0 Å². The fraction of sp³-hybridized carbons (Fsp3) is 0.200. The lowest BCUT2D eigenvalue weighted by atomic mass is 10.4. The lowest BCUT2D eigenvalue weighted by Gasteiger charge is -1.89. The highest BCUT2D eigenvalue weighted by molar-refractivity contribution is 14.1. The van der Waals surface area contributed by atoms with Gasteiger partial charge in [0.1, 0.15) is 0 Å². The van der Waals surface area contributed by atoms with E-state index in [1.165, 1.54) is 31.3 Å². The average molecular weight is 284 g/mol. The molecule has 0 fully saturated rings. The van der Waals surface area contributed by atoms with E-state index in [1.807, 2.05) is 11.3 Å². The second-order valence-corrected chi connectivity index (χ2v) is 5.64. The van der Waals surface area contributed by atoms with Crippen LogP contribution in [0.4, 0.5) is 11.4 Å². The molecule has 1 aromatic heterocycles. The minimum Gasteiger partial charge on any atom is -0.309 e. The average Bonchev–Trinajstić information content (AvgIpc) is 2.39. The van der Waals surface area contributed by atoms with E-state index in [-0.39, 0.29) is 0 Å². The molecule has 0 aliphatic carbocycles. The molecule has 0 spiro atoms. The van der Waals surface area contributed by atoms with Crippen molar-refractivity contribution in [1.82, 2.24) is 0 Å². The zero-order valence-electron chi connectivity index (χ0n) is 5.19. The van der Waals surface area contributed by atoms with Crippen molar-refractivity contribution in [3.63, 3.8) is 0 Å². The van der Waals surface area contributed by atoms with Crippen LogP contribution >= 0.6 is 46.1 Å². The van der Waals surface area contributed by atoms with Crippen molar-refractivity contribution in [1.29, 1.82) is 0 Å². The number of thiophene rings is 1. The summed E-state index contributed by atoms with van der Waals surface area (Å²) in [5, 5.41) is 0. The van der Waals surface area contributed by atoms with Crippen LogP contribution in [0, 0.1) is 9.81 Å². The zero-order chi connectivity index (χ0) is 7.14. The summed E-state index contributed by atoms with van der Waals surface area (Å²) in [7, 11) is 0. The molecule has 1 aromatic rings. The fourth-order valence-corrected chi connectivity index (χ4v) is 4.05. The molecular formula is C5H5IN2S2. The first kappa shape index (κ1) is 7.05. The molecule has 2 nitrogen and oxygen atoms in total. The van der Waals surface area contributed by atoms with Crippen LogP contribution in [0.15, 0.2) is 0 Å². The van der Waals surface area contributed by atoms with Gasteiger partial charge in [-0.1, -0.05) is 0 Å². The van der Waals surface area contributed by atoms with Gasteiger partial charge in [-0.05, 0) is 29.5 Å². The van der Waals surface area contributed by atoms with Gasteiger partial charge in [0.25, 0.3) is 0 Å². The van der Waals surface area contributed by atoms with Crippen LogP contribution in [0.1, 0.15) is 4.88 Å². The van der Waals surface area contributed by atoms with E-state index in [1.54, 1.807) is 0 Å². The van der Waals surface area contributed by atoms with E-state index >= 15 is 0 Å². The summed E-state index contributed by atoms with van der Waals surface area (Å²) in [6.45, 7) is 2.13. The van der Waals surface area contributed by atoms with Crippen molar-refractivity contribution in [2.45, 2.75) is 6.92 Å². The molecule has 0 bridgehead atoms. The molecule has 1 aliphatic heterocycles. The number of hydrogen-bond donors (Lipinski definition) is 2. The van der Waals surface area contributed by atoms with Crippen molar-refractivity contribution < 1.29 is 0 Å². The summed E-state index contributed by atoms with van der Waals surface area (Å²) in [4.78, 5) is 1.36. The molecule has 0 saturated carbocycles. The van der Waals surface area contributed by atoms with Crippen molar-refractivity contribution in [3.8, 4) is 0 Å². The van der Waals surface area contributed by atoms with Crippen LogP contribution < -0.4 is 9.44 Å². The maximum atomic E-state index is 3.20. The number of fused-ring (bicyclic) bond motifs is 1. The van der Waals surface area contributed by atoms with Gasteiger partial charge >= 0.3 is 0 Å². The Bertz CT molecular complexity index is 246. The van der Waals surface area contributed by atoms with Gasteiger partial charge in [-0.25, -0.2) is 0 Å². The normalized spacial score (nSPS) is 14.2. The van der Waals surface area contributed by atoms with Crippen molar-refractivity contribution in [2.24, 2.45) is 0 Å². The molecule has 0 amide bonds. The maximum Gasteiger partial charge on any atom is 0.0946 e. The highest BCUT2D eigenvalue weighted by Crippen LogP contribution is 2.44. The Morgan fingerprint density at radius 2 is 2.00 bits per heavy atom. The molecule has 0 radical (unpaired) electrons. The summed E-state index contributed by atoms with van der Waals surface area (Å²) in [6, 6.07) is 0. The fourth-order valence-electron chi connectivity index (χ4n) is 0.852. The molecular weight excluding hydrogens is 279 g/mol. The number of hydrogen-bond acceptors (Lipinski definition) is 4. The summed E-state index contributed by atoms with van der Waals surface area (Å²) in [5.41, 5.74) is 2.52. The third kappa shape index (κ3) is 0.911. The van der Waals surface area contributed by atoms with Gasteiger partial charge in [0, 0.05) is 4.88 Å². The molecule has 0 saturated heterocycles. The molecule has 2 rings (SSSR count). The largest absolute Gasteiger partial charge is 0.309 e. The predicted octanol–water partition coefficient (Wildman–Crippen LogP) is 3.06. The molecule has 2 heterocycles. The summed E-state index contributed by atoms with van der Waals surface area (Å²) < 4.78 is 7.73. The number of rotatable bonds is 0. The third-order valence-corrected chi connectivity index (χ3v) is 4.05. The minimum atomic E-state index is 1.26. The summed E-state index contributed by atoms with van der Waals surface area (Å²) in [6.07, 6.45) is 0. The Labute approximate surface area is 81.2 Å². The van der Waals surface area contributed by atoms with Gasteiger partial charge in [0.2, 0.25) is 0 Å². The summed E-state index contributed by atoms with van der Waals surface area (Å²) >= 11 is 5.71. The molecule has 54 valence electrons. The first-order chi connectivity index (χ1) is 4.79. The van der Waals surface area contributed by atoms with E-state index < -0.39 is 0 Å². The molecule has 2 N–H and O–H groups in total. The highest BCUT2D eigenvalue weighted by Gasteiger charge is 2.18. The lowest BCUT2D eigenvalue weighted by Crippen LogP contribution is -1.78. The standard InChI is InChI=1S/C5H5IN2S2/c1-2-3-4(5(6)9-2)8-10-7-3/h7-8H,1H3. The van der Waals surface area contributed by atoms with Gasteiger partial charge in [-0.2, -0.15) is 0 Å². The van der Waals surface area contributed by atoms with Gasteiger partial charge < -0.3 is 9.44 Å². The van der Waals surface area contributed by atoms with Crippen LogP contribution in [0.25, 0.3) is 0 Å². The molecule has 0 atom stereocenters. The molecule has 10 heavy (non-hydrogen) atoms. The quantitative estimate of drug-likeness (QED) is 0.565. The Hall–Kier alpha value is 0.380. The van der Waals surface area contributed by atoms with Gasteiger partial charge in [0.05, 0.1) is 26.4 Å². The van der Waals surface area contributed by atoms with Crippen LogP contribution in [-0.4, -0.2) is 0 Å². The first-order valence-electron chi connectivity index (χ1n) is 2.76. The number of halogens is 1. The van der Waals surface area contributed by atoms with E-state index in [9.17, 15) is 0 Å². The third-order valence-electron chi connectivity index (χ3n) is 1.35. The lowest BCUT2D eigenvalue weighted by molar-refractivity contribution is 1.64. The van der Waals surface area contributed by atoms with Crippen LogP contribution in [0.3, 0.4) is 0 Å². The smallest absolute Gasteiger partial charge is 0.0946 e.